The molecule has 1 unspecified atom stereocenters. The van der Waals surface area contributed by atoms with E-state index in [2.05, 4.69) is 4.98 Å². The van der Waals surface area contributed by atoms with Crippen LogP contribution < -0.4 is 4.74 Å². The highest BCUT2D eigenvalue weighted by Crippen LogP contribution is 2.39. The molecule has 0 bridgehead atoms. The number of aliphatic hydroxyl groups excluding tert-OH is 1. The molecule has 1 aliphatic heterocycles. The number of benzene rings is 1. The van der Waals surface area contributed by atoms with Gasteiger partial charge >= 0.3 is 0 Å². The molecule has 0 saturated carbocycles. The van der Waals surface area contributed by atoms with Crippen molar-refractivity contribution in [3.05, 3.63) is 87.9 Å². The minimum absolute atomic E-state index is 0.0411. The van der Waals surface area contributed by atoms with Crippen LogP contribution in [0.5, 0.6) is 5.75 Å². The van der Waals surface area contributed by atoms with Crippen molar-refractivity contribution in [1.82, 2.24) is 9.88 Å². The van der Waals surface area contributed by atoms with Gasteiger partial charge in [-0.1, -0.05) is 12.1 Å². The number of carbonyl (C=O) groups is 2. The number of amides is 1. The van der Waals surface area contributed by atoms with Gasteiger partial charge < -0.3 is 14.7 Å². The molecule has 152 valence electrons. The number of aliphatic hydroxyl groups is 1. The molecule has 7 heteroatoms. The van der Waals surface area contributed by atoms with Gasteiger partial charge in [-0.25, -0.2) is 0 Å². The Morgan fingerprint density at radius 2 is 1.93 bits per heavy atom. The van der Waals surface area contributed by atoms with Gasteiger partial charge in [0.25, 0.3) is 11.7 Å². The number of likely N-dealkylation sites (tertiary alicyclic amines) is 1. The van der Waals surface area contributed by atoms with E-state index >= 15 is 0 Å². The van der Waals surface area contributed by atoms with Crippen molar-refractivity contribution in [2.75, 3.05) is 6.61 Å². The summed E-state index contributed by atoms with van der Waals surface area (Å²) in [5.41, 5.74) is 1.01. The van der Waals surface area contributed by atoms with Gasteiger partial charge in [-0.2, -0.15) is 0 Å². The van der Waals surface area contributed by atoms with Crippen LogP contribution in [0.25, 0.3) is 5.76 Å². The summed E-state index contributed by atoms with van der Waals surface area (Å²) in [6.07, 6.45) is 1.61. The third-order valence-corrected chi connectivity index (χ3v) is 5.71. The van der Waals surface area contributed by atoms with Crippen molar-refractivity contribution >= 4 is 28.8 Å². The molecule has 1 N–H and O–H groups in total. The molecule has 0 radical (unpaired) electrons. The highest BCUT2D eigenvalue weighted by atomic mass is 32.1. The van der Waals surface area contributed by atoms with Crippen LogP contribution in [-0.4, -0.2) is 33.3 Å². The summed E-state index contributed by atoms with van der Waals surface area (Å²) in [5.74, 6) is -0.922. The molecule has 1 amide bonds. The summed E-state index contributed by atoms with van der Waals surface area (Å²) >= 11 is 1.50. The van der Waals surface area contributed by atoms with Crippen LogP contribution in [0.15, 0.2) is 71.7 Å². The molecule has 3 heterocycles. The minimum atomic E-state index is -0.764. The van der Waals surface area contributed by atoms with Crippen LogP contribution in [-0.2, 0) is 16.1 Å². The number of aromatic nitrogens is 1. The lowest BCUT2D eigenvalue weighted by Gasteiger charge is -2.24. The number of hydrogen-bond donors (Lipinski definition) is 1. The maximum Gasteiger partial charge on any atom is 0.296 e. The van der Waals surface area contributed by atoms with E-state index in [1.807, 2.05) is 24.4 Å². The quantitative estimate of drug-likeness (QED) is 0.368. The first-order chi connectivity index (χ1) is 14.6. The smallest absolute Gasteiger partial charge is 0.296 e. The number of rotatable bonds is 6. The Hall–Kier alpha value is -3.45. The average Bonchev–Trinajstić information content (AvgIpc) is 3.37. The van der Waals surface area contributed by atoms with Crippen molar-refractivity contribution in [1.29, 1.82) is 0 Å². The standard InChI is InChI=1S/C23H20N2O4S/c1-2-29-16-10-8-15(9-11-16)21(26)19-20(18-7-3-4-12-24-18)25(23(28)22(19)27)14-17-6-5-13-30-17/h3-13,20,26H,2,14H2,1H3/b21-19-. The summed E-state index contributed by atoms with van der Waals surface area (Å²) in [5, 5.41) is 12.9. The highest BCUT2D eigenvalue weighted by Gasteiger charge is 2.46. The first-order valence-corrected chi connectivity index (χ1v) is 10.4. The lowest BCUT2D eigenvalue weighted by molar-refractivity contribution is -0.140. The first kappa shape index (κ1) is 19.8. The number of Topliss-reactive ketones (excluding diaryl/α,β-unsaturated/α-hetero) is 1. The molecule has 1 aliphatic rings. The molecule has 6 nitrogen and oxygen atoms in total. The maximum atomic E-state index is 13.0. The van der Waals surface area contributed by atoms with Gasteiger partial charge in [-0.3, -0.25) is 14.6 Å². The molecule has 1 fully saturated rings. The number of nitrogens with zero attached hydrogens (tertiary/aromatic N) is 2. The predicted octanol–water partition coefficient (Wildman–Crippen LogP) is 4.16. The van der Waals surface area contributed by atoms with Crippen molar-refractivity contribution in [3.63, 3.8) is 0 Å². The molecule has 1 aromatic carbocycles. The zero-order chi connectivity index (χ0) is 21.1. The predicted molar refractivity (Wildman–Crippen MR) is 114 cm³/mol. The van der Waals surface area contributed by atoms with E-state index in [-0.39, 0.29) is 17.9 Å². The Labute approximate surface area is 178 Å². The van der Waals surface area contributed by atoms with Gasteiger partial charge in [0.1, 0.15) is 17.6 Å². The fourth-order valence-corrected chi connectivity index (χ4v) is 4.19. The Bertz CT molecular complexity index is 1080. The second kappa shape index (κ2) is 8.51. The molecule has 3 aromatic rings. The van der Waals surface area contributed by atoms with Crippen LogP contribution in [0.2, 0.25) is 0 Å². The van der Waals surface area contributed by atoms with Gasteiger partial charge in [-0.05, 0) is 54.8 Å². The van der Waals surface area contributed by atoms with E-state index in [0.717, 1.165) is 4.88 Å². The molecular formula is C23H20N2O4S. The number of carbonyl (C=O) groups excluding carboxylic acids is 2. The van der Waals surface area contributed by atoms with Crippen molar-refractivity contribution in [3.8, 4) is 5.75 Å². The molecular weight excluding hydrogens is 400 g/mol. The normalized spacial score (nSPS) is 18.0. The second-order valence-corrected chi connectivity index (χ2v) is 7.75. The fraction of sp³-hybridized carbons (Fsp3) is 0.174. The largest absolute Gasteiger partial charge is 0.507 e. The summed E-state index contributed by atoms with van der Waals surface area (Å²) in [7, 11) is 0. The van der Waals surface area contributed by atoms with Gasteiger partial charge in [0.05, 0.1) is 24.4 Å². The molecule has 0 spiro atoms. The van der Waals surface area contributed by atoms with E-state index < -0.39 is 17.7 Å². The second-order valence-electron chi connectivity index (χ2n) is 6.72. The van der Waals surface area contributed by atoms with E-state index in [1.54, 1.807) is 48.7 Å². The minimum Gasteiger partial charge on any atom is -0.507 e. The summed E-state index contributed by atoms with van der Waals surface area (Å²) in [6.45, 7) is 2.68. The number of ether oxygens (including phenoxy) is 1. The van der Waals surface area contributed by atoms with Gasteiger partial charge in [-0.15, -0.1) is 11.3 Å². The van der Waals surface area contributed by atoms with Crippen LogP contribution in [0.3, 0.4) is 0 Å². The number of ketones is 1. The third-order valence-electron chi connectivity index (χ3n) is 4.85. The first-order valence-electron chi connectivity index (χ1n) is 9.55. The van der Waals surface area contributed by atoms with E-state index in [0.29, 0.717) is 23.6 Å². The Morgan fingerprint density at radius 3 is 2.57 bits per heavy atom. The molecule has 2 aromatic heterocycles. The van der Waals surface area contributed by atoms with Gasteiger partial charge in [0.2, 0.25) is 0 Å². The monoisotopic (exact) mass is 420 g/mol. The zero-order valence-corrected chi connectivity index (χ0v) is 17.1. The summed E-state index contributed by atoms with van der Waals surface area (Å²) in [4.78, 5) is 32.6. The van der Waals surface area contributed by atoms with Crippen LogP contribution in [0, 0.1) is 0 Å². The Morgan fingerprint density at radius 1 is 1.13 bits per heavy atom. The van der Waals surface area contributed by atoms with E-state index in [9.17, 15) is 14.7 Å². The molecule has 30 heavy (non-hydrogen) atoms. The Balaban J connectivity index is 1.80. The number of hydrogen-bond acceptors (Lipinski definition) is 6. The molecule has 4 rings (SSSR count). The van der Waals surface area contributed by atoms with Gasteiger partial charge in [0, 0.05) is 16.6 Å². The van der Waals surface area contributed by atoms with Crippen molar-refractivity contribution < 1.29 is 19.4 Å². The van der Waals surface area contributed by atoms with Crippen LogP contribution in [0.1, 0.15) is 29.1 Å². The lowest BCUT2D eigenvalue weighted by atomic mass is 9.98. The van der Waals surface area contributed by atoms with Crippen LogP contribution in [0.4, 0.5) is 0 Å². The SMILES string of the molecule is CCOc1ccc(/C(O)=C2/C(=O)C(=O)N(Cc3cccs3)C2c2ccccn2)cc1. The van der Waals surface area contributed by atoms with E-state index in [4.69, 9.17) is 4.74 Å². The van der Waals surface area contributed by atoms with Crippen molar-refractivity contribution in [2.45, 2.75) is 19.5 Å². The topological polar surface area (TPSA) is 79.7 Å². The fourth-order valence-electron chi connectivity index (χ4n) is 3.49. The number of pyridine rings is 1. The third kappa shape index (κ3) is 3.71. The van der Waals surface area contributed by atoms with Gasteiger partial charge in [0.15, 0.2) is 0 Å². The lowest BCUT2D eigenvalue weighted by Crippen LogP contribution is -2.29. The molecule has 1 atom stereocenters. The highest BCUT2D eigenvalue weighted by molar-refractivity contribution is 7.09. The maximum absolute atomic E-state index is 13.0. The summed E-state index contributed by atoms with van der Waals surface area (Å²) in [6, 6.07) is 15.1. The summed E-state index contributed by atoms with van der Waals surface area (Å²) < 4.78 is 5.43. The zero-order valence-electron chi connectivity index (χ0n) is 16.3. The van der Waals surface area contributed by atoms with Crippen molar-refractivity contribution in [2.24, 2.45) is 0 Å². The molecule has 0 aliphatic carbocycles. The molecule has 1 saturated heterocycles. The van der Waals surface area contributed by atoms with E-state index in [1.165, 1.54) is 16.2 Å². The average molecular weight is 420 g/mol. The number of thiophene rings is 1. The van der Waals surface area contributed by atoms with Crippen LogP contribution >= 0.6 is 11.3 Å². The Kier molecular flexibility index (Phi) is 5.63.